The van der Waals surface area contributed by atoms with E-state index in [-0.39, 0.29) is 17.4 Å². The molecular formula is C24H20O3. The summed E-state index contributed by atoms with van der Waals surface area (Å²) in [5.41, 5.74) is 1.70. The van der Waals surface area contributed by atoms with E-state index in [9.17, 15) is 9.90 Å². The fourth-order valence-electron chi connectivity index (χ4n) is 3.56. The Balaban J connectivity index is 2.19. The van der Waals surface area contributed by atoms with Gasteiger partial charge >= 0.3 is 0 Å². The van der Waals surface area contributed by atoms with Gasteiger partial charge in [0.05, 0.1) is 11.7 Å². The fraction of sp³-hybridized carbons (Fsp3) is 0.125. The molecule has 0 fully saturated rings. The molecule has 3 heteroatoms. The highest BCUT2D eigenvalue weighted by Gasteiger charge is 2.20. The molecule has 27 heavy (non-hydrogen) atoms. The molecule has 0 saturated heterocycles. The maximum Gasteiger partial charge on any atom is 0.153 e. The van der Waals surface area contributed by atoms with Gasteiger partial charge in [-0.15, -0.1) is 0 Å². The Hall–Kier alpha value is -3.33. The number of carbonyl (C=O) groups excluding carboxylic acids is 1. The molecule has 0 bridgehead atoms. The molecule has 0 radical (unpaired) electrons. The molecule has 0 saturated carbocycles. The molecule has 4 rings (SSSR count). The number of carbonyl (C=O) groups is 1. The van der Waals surface area contributed by atoms with Gasteiger partial charge in [0.25, 0.3) is 0 Å². The average molecular weight is 356 g/mol. The van der Waals surface area contributed by atoms with Crippen molar-refractivity contribution in [2.75, 3.05) is 0 Å². The molecule has 4 aromatic rings. The van der Waals surface area contributed by atoms with Crippen molar-refractivity contribution in [1.29, 1.82) is 0 Å². The highest BCUT2D eigenvalue weighted by molar-refractivity contribution is 6.11. The van der Waals surface area contributed by atoms with Crippen LogP contribution < -0.4 is 4.74 Å². The number of benzene rings is 4. The van der Waals surface area contributed by atoms with Crippen LogP contribution in [0.3, 0.4) is 0 Å². The van der Waals surface area contributed by atoms with E-state index < -0.39 is 0 Å². The van der Waals surface area contributed by atoms with Gasteiger partial charge in [0, 0.05) is 11.1 Å². The van der Waals surface area contributed by atoms with Crippen LogP contribution in [0.1, 0.15) is 24.2 Å². The molecule has 0 atom stereocenters. The van der Waals surface area contributed by atoms with Crippen LogP contribution in [0.4, 0.5) is 0 Å². The van der Waals surface area contributed by atoms with Gasteiger partial charge in [-0.2, -0.15) is 0 Å². The minimum absolute atomic E-state index is 0.0198. The second-order valence-corrected chi connectivity index (χ2v) is 6.85. The molecule has 0 amide bonds. The van der Waals surface area contributed by atoms with Crippen molar-refractivity contribution in [1.82, 2.24) is 0 Å². The second-order valence-electron chi connectivity index (χ2n) is 6.85. The molecule has 3 nitrogen and oxygen atoms in total. The van der Waals surface area contributed by atoms with Crippen molar-refractivity contribution in [3.05, 3.63) is 72.3 Å². The zero-order valence-corrected chi connectivity index (χ0v) is 15.3. The first-order chi connectivity index (χ1) is 13.1. The highest BCUT2D eigenvalue weighted by Crippen LogP contribution is 2.46. The standard InChI is InChI=1S/C24H20O3/c1-15(2)27-21-12-11-16-7-3-5-9-19(16)22(21)23-20-10-6-4-8-17(20)13-18(14-25)24(23)26/h3-15,26H,1-2H3. The zero-order chi connectivity index (χ0) is 19.0. The van der Waals surface area contributed by atoms with Gasteiger partial charge in [-0.25, -0.2) is 0 Å². The number of rotatable bonds is 4. The van der Waals surface area contributed by atoms with Crippen LogP contribution in [0.15, 0.2) is 66.7 Å². The number of ether oxygens (including phenoxy) is 1. The monoisotopic (exact) mass is 356 g/mol. The number of phenolic OH excluding ortho intramolecular Hbond substituents is 1. The molecule has 0 unspecified atom stereocenters. The van der Waals surface area contributed by atoms with Crippen LogP contribution in [0, 0.1) is 0 Å². The number of aldehydes is 1. The molecule has 134 valence electrons. The van der Waals surface area contributed by atoms with E-state index in [0.29, 0.717) is 17.6 Å². The summed E-state index contributed by atoms with van der Waals surface area (Å²) in [7, 11) is 0. The van der Waals surface area contributed by atoms with Crippen LogP contribution in [0.5, 0.6) is 11.5 Å². The van der Waals surface area contributed by atoms with Crippen molar-refractivity contribution < 1.29 is 14.6 Å². The summed E-state index contributed by atoms with van der Waals surface area (Å²) < 4.78 is 6.09. The maximum absolute atomic E-state index is 11.6. The predicted octanol–water partition coefficient (Wildman–Crippen LogP) is 5.97. The van der Waals surface area contributed by atoms with Crippen LogP contribution in [-0.2, 0) is 0 Å². The molecule has 0 aliphatic carbocycles. The summed E-state index contributed by atoms with van der Waals surface area (Å²) >= 11 is 0. The van der Waals surface area contributed by atoms with Gasteiger partial charge in [0.1, 0.15) is 11.5 Å². The lowest BCUT2D eigenvalue weighted by molar-refractivity contribution is 0.112. The normalized spacial score (nSPS) is 11.2. The van der Waals surface area contributed by atoms with E-state index in [4.69, 9.17) is 4.74 Å². The molecule has 4 aromatic carbocycles. The van der Waals surface area contributed by atoms with Gasteiger partial charge in [0.15, 0.2) is 6.29 Å². The van der Waals surface area contributed by atoms with E-state index in [2.05, 4.69) is 0 Å². The third kappa shape index (κ3) is 2.91. The topological polar surface area (TPSA) is 46.5 Å². The Kier molecular flexibility index (Phi) is 4.28. The van der Waals surface area contributed by atoms with Crippen molar-refractivity contribution in [2.24, 2.45) is 0 Å². The number of aromatic hydroxyl groups is 1. The first-order valence-corrected chi connectivity index (χ1v) is 8.99. The first-order valence-electron chi connectivity index (χ1n) is 8.99. The predicted molar refractivity (Wildman–Crippen MR) is 110 cm³/mol. The van der Waals surface area contributed by atoms with Crippen molar-refractivity contribution in [3.8, 4) is 22.6 Å². The summed E-state index contributed by atoms with van der Waals surface area (Å²) in [6.45, 7) is 3.94. The summed E-state index contributed by atoms with van der Waals surface area (Å²) in [4.78, 5) is 11.6. The van der Waals surface area contributed by atoms with E-state index in [1.807, 2.05) is 74.5 Å². The van der Waals surface area contributed by atoms with Gasteiger partial charge in [-0.3, -0.25) is 4.79 Å². The zero-order valence-electron chi connectivity index (χ0n) is 15.3. The molecule has 0 aromatic heterocycles. The average Bonchev–Trinajstić information content (AvgIpc) is 2.68. The first kappa shape index (κ1) is 17.1. The van der Waals surface area contributed by atoms with Crippen LogP contribution in [0.25, 0.3) is 32.7 Å². The van der Waals surface area contributed by atoms with Crippen molar-refractivity contribution >= 4 is 27.8 Å². The minimum atomic E-state index is -0.0208. The van der Waals surface area contributed by atoms with Crippen LogP contribution in [0.2, 0.25) is 0 Å². The molecule has 1 N–H and O–H groups in total. The summed E-state index contributed by atoms with van der Waals surface area (Å²) in [6, 6.07) is 21.4. The molecule has 0 spiro atoms. The Labute approximate surface area is 157 Å². The van der Waals surface area contributed by atoms with Crippen molar-refractivity contribution in [3.63, 3.8) is 0 Å². The maximum atomic E-state index is 11.6. The van der Waals surface area contributed by atoms with E-state index in [1.54, 1.807) is 6.07 Å². The van der Waals surface area contributed by atoms with E-state index in [0.717, 1.165) is 27.1 Å². The Morgan fingerprint density at radius 1 is 0.852 bits per heavy atom. The summed E-state index contributed by atoms with van der Waals surface area (Å²) in [5, 5.41) is 14.8. The van der Waals surface area contributed by atoms with E-state index >= 15 is 0 Å². The number of hydrogen-bond donors (Lipinski definition) is 1. The third-order valence-corrected chi connectivity index (χ3v) is 4.68. The Bertz CT molecular complexity index is 1160. The second kappa shape index (κ2) is 6.76. The minimum Gasteiger partial charge on any atom is -0.507 e. The van der Waals surface area contributed by atoms with Gasteiger partial charge < -0.3 is 9.84 Å². The number of phenols is 1. The van der Waals surface area contributed by atoms with E-state index in [1.165, 1.54) is 0 Å². The fourth-order valence-corrected chi connectivity index (χ4v) is 3.56. The van der Waals surface area contributed by atoms with Crippen LogP contribution in [-0.4, -0.2) is 17.5 Å². The summed E-state index contributed by atoms with van der Waals surface area (Å²) in [5.74, 6) is 0.667. The molecular weight excluding hydrogens is 336 g/mol. The quantitative estimate of drug-likeness (QED) is 0.459. The smallest absolute Gasteiger partial charge is 0.153 e. The lowest BCUT2D eigenvalue weighted by Gasteiger charge is -2.19. The molecule has 0 aliphatic rings. The lowest BCUT2D eigenvalue weighted by atomic mass is 9.90. The van der Waals surface area contributed by atoms with Gasteiger partial charge in [-0.05, 0) is 47.5 Å². The molecule has 0 heterocycles. The highest BCUT2D eigenvalue weighted by atomic mass is 16.5. The summed E-state index contributed by atoms with van der Waals surface area (Å²) in [6.07, 6.45) is 0.673. The lowest BCUT2D eigenvalue weighted by Crippen LogP contribution is -2.07. The number of hydrogen-bond acceptors (Lipinski definition) is 3. The van der Waals surface area contributed by atoms with Gasteiger partial charge in [-0.1, -0.05) is 54.6 Å². The van der Waals surface area contributed by atoms with Crippen molar-refractivity contribution in [2.45, 2.75) is 20.0 Å². The van der Waals surface area contributed by atoms with Gasteiger partial charge in [0.2, 0.25) is 0 Å². The van der Waals surface area contributed by atoms with Crippen LogP contribution >= 0.6 is 0 Å². The SMILES string of the molecule is CC(C)Oc1ccc2ccccc2c1-c1c(O)c(C=O)cc2ccccc12. The Morgan fingerprint density at radius 3 is 2.15 bits per heavy atom. The number of fused-ring (bicyclic) bond motifs is 2. The Morgan fingerprint density at radius 2 is 1.48 bits per heavy atom. The third-order valence-electron chi connectivity index (χ3n) is 4.68. The largest absolute Gasteiger partial charge is 0.507 e. The molecule has 0 aliphatic heterocycles.